The van der Waals surface area contributed by atoms with Gasteiger partial charge in [0.1, 0.15) is 6.33 Å². The first-order valence-electron chi connectivity index (χ1n) is 6.88. The molecule has 4 nitrogen and oxygen atoms in total. The van der Waals surface area contributed by atoms with E-state index in [0.29, 0.717) is 19.0 Å². The molecule has 108 valence electrons. The van der Waals surface area contributed by atoms with Crippen LogP contribution in [0.15, 0.2) is 24.5 Å². The molecular weight excluding hydrogens is 272 g/mol. The molecule has 2 aromatic rings. The molecule has 0 saturated heterocycles. The Kier molecular flexibility index (Phi) is 5.15. The first-order chi connectivity index (χ1) is 9.54. The van der Waals surface area contributed by atoms with Gasteiger partial charge in [0.25, 0.3) is 0 Å². The Morgan fingerprint density at radius 3 is 2.85 bits per heavy atom. The number of aryl methyl sites for hydroxylation is 1. The summed E-state index contributed by atoms with van der Waals surface area (Å²) in [5.41, 5.74) is 2.22. The van der Waals surface area contributed by atoms with E-state index in [-0.39, 0.29) is 0 Å². The summed E-state index contributed by atoms with van der Waals surface area (Å²) in [5, 5.41) is 8.56. The summed E-state index contributed by atoms with van der Waals surface area (Å²) in [6.07, 6.45) is 1.75. The van der Waals surface area contributed by atoms with Crippen molar-refractivity contribution in [3.05, 3.63) is 46.5 Å². The second kappa shape index (κ2) is 6.86. The van der Waals surface area contributed by atoms with E-state index in [1.165, 1.54) is 0 Å². The molecular formula is C15H21ClN4. The standard InChI is InChI=1S/C15H21ClN4/c1-11(2)7-17-8-15-18-10-20(19-15)9-13-5-4-12(3)6-14(13)16/h4-6,10-11,17H,7-9H2,1-3H3. The highest BCUT2D eigenvalue weighted by molar-refractivity contribution is 6.31. The van der Waals surface area contributed by atoms with Crippen molar-refractivity contribution in [3.63, 3.8) is 0 Å². The third-order valence-electron chi connectivity index (χ3n) is 2.96. The number of nitrogens with zero attached hydrogens (tertiary/aromatic N) is 3. The van der Waals surface area contributed by atoms with Gasteiger partial charge in [0, 0.05) is 5.02 Å². The van der Waals surface area contributed by atoms with E-state index in [1.807, 2.05) is 23.7 Å². The highest BCUT2D eigenvalue weighted by Crippen LogP contribution is 2.18. The van der Waals surface area contributed by atoms with Gasteiger partial charge in [-0.05, 0) is 36.6 Å². The van der Waals surface area contributed by atoms with Crippen molar-refractivity contribution in [2.75, 3.05) is 6.54 Å². The smallest absolute Gasteiger partial charge is 0.164 e. The van der Waals surface area contributed by atoms with Gasteiger partial charge in [-0.2, -0.15) is 5.10 Å². The SMILES string of the molecule is Cc1ccc(Cn2cnc(CNCC(C)C)n2)c(Cl)c1. The monoisotopic (exact) mass is 292 g/mol. The topological polar surface area (TPSA) is 42.7 Å². The third kappa shape index (κ3) is 4.32. The lowest BCUT2D eigenvalue weighted by atomic mass is 10.1. The Morgan fingerprint density at radius 1 is 1.35 bits per heavy atom. The zero-order valence-corrected chi connectivity index (χ0v) is 13.0. The zero-order chi connectivity index (χ0) is 14.5. The Labute approximate surface area is 125 Å². The highest BCUT2D eigenvalue weighted by atomic mass is 35.5. The normalized spacial score (nSPS) is 11.2. The highest BCUT2D eigenvalue weighted by Gasteiger charge is 2.05. The molecule has 0 bridgehead atoms. The quantitative estimate of drug-likeness (QED) is 0.890. The zero-order valence-electron chi connectivity index (χ0n) is 12.2. The van der Waals surface area contributed by atoms with E-state index < -0.39 is 0 Å². The van der Waals surface area contributed by atoms with Crippen LogP contribution in [0.4, 0.5) is 0 Å². The number of halogens is 1. The first-order valence-corrected chi connectivity index (χ1v) is 7.26. The van der Waals surface area contributed by atoms with Crippen LogP contribution in [0.2, 0.25) is 5.02 Å². The second-order valence-electron chi connectivity index (χ2n) is 5.48. The molecule has 0 fully saturated rings. The van der Waals surface area contributed by atoms with E-state index in [9.17, 15) is 0 Å². The van der Waals surface area contributed by atoms with E-state index in [2.05, 4.69) is 35.3 Å². The van der Waals surface area contributed by atoms with Crippen LogP contribution in [-0.4, -0.2) is 21.3 Å². The molecule has 0 aliphatic carbocycles. The molecule has 0 amide bonds. The molecule has 1 aromatic heterocycles. The number of nitrogens with one attached hydrogen (secondary N) is 1. The van der Waals surface area contributed by atoms with Gasteiger partial charge in [0.2, 0.25) is 0 Å². The molecule has 0 atom stereocenters. The van der Waals surface area contributed by atoms with Gasteiger partial charge in [0.15, 0.2) is 5.82 Å². The van der Waals surface area contributed by atoms with Crippen LogP contribution in [0.5, 0.6) is 0 Å². The van der Waals surface area contributed by atoms with Crippen LogP contribution >= 0.6 is 11.6 Å². The molecule has 20 heavy (non-hydrogen) atoms. The lowest BCUT2D eigenvalue weighted by Gasteiger charge is -2.05. The van der Waals surface area contributed by atoms with Gasteiger partial charge in [0.05, 0.1) is 13.1 Å². The van der Waals surface area contributed by atoms with Crippen LogP contribution < -0.4 is 5.32 Å². The largest absolute Gasteiger partial charge is 0.310 e. The number of aromatic nitrogens is 3. The summed E-state index contributed by atoms with van der Waals surface area (Å²) in [6, 6.07) is 6.07. The van der Waals surface area contributed by atoms with Crippen molar-refractivity contribution >= 4 is 11.6 Å². The summed E-state index contributed by atoms with van der Waals surface area (Å²) in [5.74, 6) is 1.44. The maximum Gasteiger partial charge on any atom is 0.164 e. The predicted octanol–water partition coefficient (Wildman–Crippen LogP) is 3.03. The van der Waals surface area contributed by atoms with Crippen molar-refractivity contribution in [1.82, 2.24) is 20.1 Å². The average Bonchev–Trinajstić information content (AvgIpc) is 2.80. The van der Waals surface area contributed by atoms with Crippen molar-refractivity contribution < 1.29 is 0 Å². The molecule has 2 rings (SSSR count). The molecule has 1 heterocycles. The number of hydrogen-bond donors (Lipinski definition) is 1. The second-order valence-corrected chi connectivity index (χ2v) is 5.89. The van der Waals surface area contributed by atoms with E-state index in [4.69, 9.17) is 11.6 Å². The van der Waals surface area contributed by atoms with E-state index in [1.54, 1.807) is 6.33 Å². The fourth-order valence-corrected chi connectivity index (χ4v) is 2.21. The molecule has 1 N–H and O–H groups in total. The molecule has 5 heteroatoms. The lowest BCUT2D eigenvalue weighted by Crippen LogP contribution is -2.19. The van der Waals surface area contributed by atoms with Gasteiger partial charge in [-0.3, -0.25) is 0 Å². The minimum absolute atomic E-state index is 0.628. The van der Waals surface area contributed by atoms with E-state index in [0.717, 1.165) is 28.5 Å². The average molecular weight is 293 g/mol. The molecule has 0 radical (unpaired) electrons. The van der Waals surface area contributed by atoms with Crippen molar-refractivity contribution in [2.45, 2.75) is 33.9 Å². The summed E-state index contributed by atoms with van der Waals surface area (Å²) < 4.78 is 1.82. The maximum absolute atomic E-state index is 6.23. The van der Waals surface area contributed by atoms with Crippen LogP contribution in [-0.2, 0) is 13.1 Å². The number of benzene rings is 1. The molecule has 0 saturated carbocycles. The molecule has 0 aliphatic heterocycles. The van der Waals surface area contributed by atoms with Gasteiger partial charge < -0.3 is 5.32 Å². The van der Waals surface area contributed by atoms with Crippen molar-refractivity contribution in [3.8, 4) is 0 Å². The predicted molar refractivity (Wildman–Crippen MR) is 81.9 cm³/mol. The summed E-state index contributed by atoms with van der Waals surface area (Å²) in [4.78, 5) is 4.30. The summed E-state index contributed by atoms with van der Waals surface area (Å²) >= 11 is 6.23. The van der Waals surface area contributed by atoms with Crippen LogP contribution in [0.1, 0.15) is 30.8 Å². The first kappa shape index (κ1) is 15.0. The van der Waals surface area contributed by atoms with Gasteiger partial charge in [-0.25, -0.2) is 9.67 Å². The maximum atomic E-state index is 6.23. The Hall–Kier alpha value is -1.39. The lowest BCUT2D eigenvalue weighted by molar-refractivity contribution is 0.539. The molecule has 0 aliphatic rings. The van der Waals surface area contributed by atoms with Gasteiger partial charge in [-0.15, -0.1) is 0 Å². The molecule has 1 aromatic carbocycles. The number of hydrogen-bond acceptors (Lipinski definition) is 3. The fourth-order valence-electron chi connectivity index (χ4n) is 1.92. The third-order valence-corrected chi connectivity index (χ3v) is 3.31. The van der Waals surface area contributed by atoms with Gasteiger partial charge >= 0.3 is 0 Å². The Bertz CT molecular complexity index is 563. The Balaban J connectivity index is 1.95. The minimum atomic E-state index is 0.628. The van der Waals surface area contributed by atoms with Crippen LogP contribution in [0.3, 0.4) is 0 Å². The summed E-state index contributed by atoms with van der Waals surface area (Å²) in [7, 11) is 0. The van der Waals surface area contributed by atoms with Gasteiger partial charge in [-0.1, -0.05) is 37.6 Å². The summed E-state index contributed by atoms with van der Waals surface area (Å²) in [6.45, 7) is 8.71. The van der Waals surface area contributed by atoms with Crippen molar-refractivity contribution in [1.29, 1.82) is 0 Å². The molecule has 0 unspecified atom stereocenters. The fraction of sp³-hybridized carbons (Fsp3) is 0.467. The Morgan fingerprint density at radius 2 is 2.15 bits per heavy atom. The van der Waals surface area contributed by atoms with Crippen LogP contribution in [0, 0.1) is 12.8 Å². The molecule has 0 spiro atoms. The van der Waals surface area contributed by atoms with Crippen LogP contribution in [0.25, 0.3) is 0 Å². The minimum Gasteiger partial charge on any atom is -0.310 e. The van der Waals surface area contributed by atoms with Crippen molar-refractivity contribution in [2.24, 2.45) is 5.92 Å². The number of rotatable bonds is 6. The van der Waals surface area contributed by atoms with E-state index >= 15 is 0 Å².